The molecule has 17 heavy (non-hydrogen) atoms. The third-order valence-electron chi connectivity index (χ3n) is 2.48. The van der Waals surface area contributed by atoms with Crippen LogP contribution in [0.15, 0.2) is 36.4 Å². The molecule has 0 atom stereocenters. The third-order valence-corrected chi connectivity index (χ3v) is 2.80. The van der Waals surface area contributed by atoms with Crippen LogP contribution in [0, 0.1) is 11.6 Å². The fourth-order valence-electron chi connectivity index (χ4n) is 1.61. The van der Waals surface area contributed by atoms with E-state index in [1.165, 1.54) is 0 Å². The summed E-state index contributed by atoms with van der Waals surface area (Å²) in [5.74, 6) is -1.86. The van der Waals surface area contributed by atoms with Crippen LogP contribution >= 0.6 is 11.6 Å². The Balaban J connectivity index is 2.56. The van der Waals surface area contributed by atoms with Crippen molar-refractivity contribution in [2.24, 2.45) is 5.73 Å². The van der Waals surface area contributed by atoms with Gasteiger partial charge in [-0.05, 0) is 29.3 Å². The molecule has 0 bridgehead atoms. The van der Waals surface area contributed by atoms with Gasteiger partial charge in [0.2, 0.25) is 0 Å². The predicted molar refractivity (Wildman–Crippen MR) is 64.7 cm³/mol. The Morgan fingerprint density at radius 2 is 1.76 bits per heavy atom. The lowest BCUT2D eigenvalue weighted by atomic mass is 10.0. The van der Waals surface area contributed by atoms with E-state index in [4.69, 9.17) is 17.3 Å². The van der Waals surface area contributed by atoms with Crippen molar-refractivity contribution in [3.63, 3.8) is 0 Å². The molecule has 0 aliphatic heterocycles. The molecule has 0 amide bonds. The van der Waals surface area contributed by atoms with Crippen molar-refractivity contribution in [3.8, 4) is 11.1 Å². The highest BCUT2D eigenvalue weighted by molar-refractivity contribution is 6.33. The molecule has 0 aliphatic rings. The molecule has 0 unspecified atom stereocenters. The van der Waals surface area contributed by atoms with Gasteiger partial charge >= 0.3 is 0 Å². The van der Waals surface area contributed by atoms with Crippen LogP contribution in [-0.4, -0.2) is 0 Å². The number of nitrogens with two attached hydrogens (primary N) is 1. The summed E-state index contributed by atoms with van der Waals surface area (Å²) >= 11 is 5.89. The van der Waals surface area contributed by atoms with E-state index in [1.54, 1.807) is 18.2 Å². The number of halogens is 3. The first-order valence-electron chi connectivity index (χ1n) is 5.05. The lowest BCUT2D eigenvalue weighted by Gasteiger charge is -2.07. The summed E-state index contributed by atoms with van der Waals surface area (Å²) in [6.07, 6.45) is 0. The second kappa shape index (κ2) is 4.82. The van der Waals surface area contributed by atoms with E-state index in [2.05, 4.69) is 0 Å². The van der Waals surface area contributed by atoms with Crippen LogP contribution < -0.4 is 5.73 Å². The molecule has 2 aromatic carbocycles. The van der Waals surface area contributed by atoms with Crippen molar-refractivity contribution < 1.29 is 8.78 Å². The molecule has 0 fully saturated rings. The minimum Gasteiger partial charge on any atom is -0.326 e. The van der Waals surface area contributed by atoms with Crippen LogP contribution in [0.5, 0.6) is 0 Å². The van der Waals surface area contributed by atoms with Crippen LogP contribution in [-0.2, 0) is 6.54 Å². The van der Waals surface area contributed by atoms with Gasteiger partial charge in [-0.1, -0.05) is 29.8 Å². The van der Waals surface area contributed by atoms with E-state index in [0.717, 1.165) is 23.3 Å². The summed E-state index contributed by atoms with van der Waals surface area (Å²) in [7, 11) is 0. The van der Waals surface area contributed by atoms with Gasteiger partial charge in [-0.25, -0.2) is 8.78 Å². The lowest BCUT2D eigenvalue weighted by Crippen LogP contribution is -1.96. The van der Waals surface area contributed by atoms with Gasteiger partial charge in [-0.15, -0.1) is 0 Å². The fraction of sp³-hybridized carbons (Fsp3) is 0.0769. The summed E-state index contributed by atoms with van der Waals surface area (Å²) in [6, 6.07) is 9.30. The van der Waals surface area contributed by atoms with Crippen molar-refractivity contribution >= 4 is 11.6 Å². The number of hydrogen-bond donors (Lipinski definition) is 1. The topological polar surface area (TPSA) is 26.0 Å². The van der Waals surface area contributed by atoms with E-state index in [1.807, 2.05) is 6.07 Å². The standard InChI is InChI=1S/C13H10ClF2N/c14-11-6-13(16)12(15)5-10(11)9-3-1-2-8(4-9)7-17/h1-6H,7,17H2. The van der Waals surface area contributed by atoms with Crippen molar-refractivity contribution in [1.29, 1.82) is 0 Å². The van der Waals surface area contributed by atoms with Crippen LogP contribution in [0.25, 0.3) is 11.1 Å². The molecule has 0 saturated heterocycles. The minimum absolute atomic E-state index is 0.179. The van der Waals surface area contributed by atoms with Gasteiger partial charge in [0, 0.05) is 12.1 Å². The van der Waals surface area contributed by atoms with E-state index < -0.39 is 11.6 Å². The first-order chi connectivity index (χ1) is 8.11. The quantitative estimate of drug-likeness (QED) is 0.811. The Bertz CT molecular complexity index is 555. The first-order valence-corrected chi connectivity index (χ1v) is 5.43. The molecular weight excluding hydrogens is 244 g/mol. The maximum absolute atomic E-state index is 13.2. The van der Waals surface area contributed by atoms with Gasteiger partial charge < -0.3 is 5.73 Å². The van der Waals surface area contributed by atoms with Crippen molar-refractivity contribution in [3.05, 3.63) is 58.6 Å². The van der Waals surface area contributed by atoms with Crippen molar-refractivity contribution in [2.45, 2.75) is 6.54 Å². The van der Waals surface area contributed by atoms with Crippen LogP contribution in [0.4, 0.5) is 8.78 Å². The Hall–Kier alpha value is -1.45. The Morgan fingerprint density at radius 1 is 1.06 bits per heavy atom. The number of benzene rings is 2. The highest BCUT2D eigenvalue weighted by Crippen LogP contribution is 2.30. The van der Waals surface area contributed by atoms with Crippen LogP contribution in [0.3, 0.4) is 0 Å². The monoisotopic (exact) mass is 253 g/mol. The maximum Gasteiger partial charge on any atom is 0.160 e. The zero-order valence-corrected chi connectivity index (χ0v) is 9.64. The van der Waals surface area contributed by atoms with E-state index in [0.29, 0.717) is 12.1 Å². The molecule has 4 heteroatoms. The molecule has 2 N–H and O–H groups in total. The highest BCUT2D eigenvalue weighted by atomic mass is 35.5. The minimum atomic E-state index is -0.950. The summed E-state index contributed by atoms with van der Waals surface area (Å²) in [5.41, 5.74) is 7.61. The molecule has 1 nitrogen and oxygen atoms in total. The van der Waals surface area contributed by atoms with Crippen LogP contribution in [0.2, 0.25) is 5.02 Å². The van der Waals surface area contributed by atoms with Gasteiger partial charge in [0.05, 0.1) is 5.02 Å². The molecule has 0 saturated carbocycles. The van der Waals surface area contributed by atoms with E-state index in [9.17, 15) is 8.78 Å². The Labute approximate surface area is 103 Å². The van der Waals surface area contributed by atoms with Crippen molar-refractivity contribution in [2.75, 3.05) is 0 Å². The van der Waals surface area contributed by atoms with Gasteiger partial charge in [0.15, 0.2) is 11.6 Å². The Kier molecular flexibility index (Phi) is 3.41. The fourth-order valence-corrected chi connectivity index (χ4v) is 1.87. The summed E-state index contributed by atoms with van der Waals surface area (Å²) < 4.78 is 26.1. The number of hydrogen-bond acceptors (Lipinski definition) is 1. The van der Waals surface area contributed by atoms with E-state index in [-0.39, 0.29) is 5.02 Å². The molecule has 0 aromatic heterocycles. The molecule has 2 rings (SSSR count). The van der Waals surface area contributed by atoms with E-state index >= 15 is 0 Å². The third kappa shape index (κ3) is 2.46. The smallest absolute Gasteiger partial charge is 0.160 e. The summed E-state index contributed by atoms with van der Waals surface area (Å²) in [4.78, 5) is 0. The first kappa shape index (κ1) is 12.0. The van der Waals surface area contributed by atoms with Crippen molar-refractivity contribution in [1.82, 2.24) is 0 Å². The molecule has 0 heterocycles. The lowest BCUT2D eigenvalue weighted by molar-refractivity contribution is 0.509. The largest absolute Gasteiger partial charge is 0.326 e. The van der Waals surface area contributed by atoms with Crippen LogP contribution in [0.1, 0.15) is 5.56 Å². The average molecular weight is 254 g/mol. The van der Waals surface area contributed by atoms with Gasteiger partial charge in [0.1, 0.15) is 0 Å². The summed E-state index contributed by atoms with van der Waals surface area (Å²) in [5, 5.41) is 0.179. The highest BCUT2D eigenvalue weighted by Gasteiger charge is 2.10. The molecule has 0 aliphatic carbocycles. The predicted octanol–water partition coefficient (Wildman–Crippen LogP) is 3.74. The molecule has 0 radical (unpaired) electrons. The molecule has 0 spiro atoms. The molecule has 88 valence electrons. The SMILES string of the molecule is NCc1cccc(-c2cc(F)c(F)cc2Cl)c1. The number of rotatable bonds is 2. The summed E-state index contributed by atoms with van der Waals surface area (Å²) in [6.45, 7) is 0.384. The zero-order chi connectivity index (χ0) is 12.4. The van der Waals surface area contributed by atoms with Gasteiger partial charge in [-0.2, -0.15) is 0 Å². The average Bonchev–Trinajstić information content (AvgIpc) is 2.34. The second-order valence-electron chi connectivity index (χ2n) is 3.65. The molecular formula is C13H10ClF2N. The Morgan fingerprint density at radius 3 is 2.47 bits per heavy atom. The molecule has 2 aromatic rings. The van der Waals surface area contributed by atoms with Gasteiger partial charge in [0.25, 0.3) is 0 Å². The maximum atomic E-state index is 13.2. The van der Waals surface area contributed by atoms with Gasteiger partial charge in [-0.3, -0.25) is 0 Å². The normalized spacial score (nSPS) is 10.6. The second-order valence-corrected chi connectivity index (χ2v) is 4.06. The zero-order valence-electron chi connectivity index (χ0n) is 8.88.